The van der Waals surface area contributed by atoms with Crippen molar-refractivity contribution in [2.24, 2.45) is 4.99 Å². The number of nitrogens with zero attached hydrogens (tertiary/aromatic N) is 1. The first-order chi connectivity index (χ1) is 8.02. The molecule has 0 amide bonds. The van der Waals surface area contributed by atoms with Crippen LogP contribution in [0.5, 0.6) is 0 Å². The summed E-state index contributed by atoms with van der Waals surface area (Å²) >= 11 is 0. The first kappa shape index (κ1) is 13.4. The van der Waals surface area contributed by atoms with Crippen LogP contribution in [-0.2, 0) is 9.53 Å². The number of aryl methyl sites for hydroxylation is 2. The van der Waals surface area contributed by atoms with Gasteiger partial charge in [-0.2, -0.15) is 0 Å². The Morgan fingerprint density at radius 1 is 1.35 bits per heavy atom. The molecule has 1 aromatic rings. The summed E-state index contributed by atoms with van der Waals surface area (Å²) in [6.45, 7) is 8.10. The molecule has 0 unspecified atom stereocenters. The summed E-state index contributed by atoms with van der Waals surface area (Å²) < 4.78 is 4.88. The molecule has 0 N–H and O–H groups in total. The van der Waals surface area contributed by atoms with Crippen LogP contribution in [0.3, 0.4) is 0 Å². The molecule has 1 rings (SSSR count). The zero-order valence-electron chi connectivity index (χ0n) is 10.9. The van der Waals surface area contributed by atoms with Crippen molar-refractivity contribution in [2.75, 3.05) is 6.61 Å². The van der Waals surface area contributed by atoms with Gasteiger partial charge in [-0.15, -0.1) is 0 Å². The van der Waals surface area contributed by atoms with Gasteiger partial charge in [0.1, 0.15) is 0 Å². The van der Waals surface area contributed by atoms with E-state index in [9.17, 15) is 4.79 Å². The summed E-state index contributed by atoms with van der Waals surface area (Å²) in [6.07, 6.45) is 0.251. The third kappa shape index (κ3) is 4.39. The van der Waals surface area contributed by atoms with Gasteiger partial charge in [-0.25, -0.2) is 0 Å². The molecule has 3 heteroatoms. The van der Waals surface area contributed by atoms with E-state index in [1.807, 2.05) is 32.9 Å². The maximum atomic E-state index is 11.3. The Morgan fingerprint density at radius 2 is 2.06 bits per heavy atom. The van der Waals surface area contributed by atoms with Crippen LogP contribution < -0.4 is 0 Å². The molecule has 0 aliphatic heterocycles. The lowest BCUT2D eigenvalue weighted by Crippen LogP contribution is -2.08. The quantitative estimate of drug-likeness (QED) is 0.591. The number of rotatable bonds is 4. The zero-order valence-corrected chi connectivity index (χ0v) is 10.9. The molecule has 92 valence electrons. The number of esters is 1. The molecule has 0 saturated heterocycles. The highest BCUT2D eigenvalue weighted by molar-refractivity contribution is 5.98. The molecule has 0 fully saturated rings. The average Bonchev–Trinajstić information content (AvgIpc) is 2.23. The summed E-state index contributed by atoms with van der Waals surface area (Å²) in [7, 11) is 0. The minimum absolute atomic E-state index is 0.223. The molecule has 0 spiro atoms. The minimum atomic E-state index is -0.223. The van der Waals surface area contributed by atoms with Gasteiger partial charge in [0.05, 0.1) is 18.7 Å². The molecule has 0 saturated carbocycles. The molecule has 0 bridgehead atoms. The van der Waals surface area contributed by atoms with Gasteiger partial charge in [-0.1, -0.05) is 12.1 Å². The van der Waals surface area contributed by atoms with Crippen molar-refractivity contribution in [2.45, 2.75) is 34.1 Å². The van der Waals surface area contributed by atoms with E-state index in [2.05, 4.69) is 11.1 Å². The van der Waals surface area contributed by atoms with Gasteiger partial charge >= 0.3 is 5.97 Å². The van der Waals surface area contributed by atoms with Gasteiger partial charge in [0.15, 0.2) is 0 Å². The maximum Gasteiger partial charge on any atom is 0.311 e. The summed E-state index contributed by atoms with van der Waals surface area (Å²) in [5, 5.41) is 0. The van der Waals surface area contributed by atoms with Crippen molar-refractivity contribution in [3.8, 4) is 0 Å². The molecule has 0 radical (unpaired) electrons. The number of hydrogen-bond acceptors (Lipinski definition) is 3. The summed E-state index contributed by atoms with van der Waals surface area (Å²) in [5.41, 5.74) is 3.97. The fourth-order valence-electron chi connectivity index (χ4n) is 1.51. The van der Waals surface area contributed by atoms with E-state index in [4.69, 9.17) is 4.74 Å². The topological polar surface area (TPSA) is 38.7 Å². The molecule has 0 aliphatic rings. The van der Waals surface area contributed by atoms with Crippen molar-refractivity contribution in [1.29, 1.82) is 0 Å². The van der Waals surface area contributed by atoms with Crippen molar-refractivity contribution in [1.82, 2.24) is 0 Å². The highest BCUT2D eigenvalue weighted by atomic mass is 16.5. The van der Waals surface area contributed by atoms with E-state index in [0.717, 1.165) is 17.0 Å². The molecule has 17 heavy (non-hydrogen) atoms. The Hall–Kier alpha value is -1.64. The summed E-state index contributed by atoms with van der Waals surface area (Å²) in [4.78, 5) is 15.7. The molecule has 0 atom stereocenters. The van der Waals surface area contributed by atoms with Gasteiger partial charge in [-0.3, -0.25) is 9.79 Å². The van der Waals surface area contributed by atoms with Gasteiger partial charge in [0.2, 0.25) is 0 Å². The van der Waals surface area contributed by atoms with Crippen LogP contribution in [-0.4, -0.2) is 18.3 Å². The van der Waals surface area contributed by atoms with Crippen LogP contribution >= 0.6 is 0 Å². The molecule has 3 nitrogen and oxygen atoms in total. The Labute approximate surface area is 103 Å². The molecule has 0 aromatic heterocycles. The Morgan fingerprint density at radius 3 is 2.71 bits per heavy atom. The first-order valence-corrected chi connectivity index (χ1v) is 5.80. The van der Waals surface area contributed by atoms with E-state index in [0.29, 0.717) is 6.61 Å². The molecule has 0 aliphatic carbocycles. The molecule has 0 heterocycles. The van der Waals surface area contributed by atoms with Crippen molar-refractivity contribution in [3.63, 3.8) is 0 Å². The highest BCUT2D eigenvalue weighted by Crippen LogP contribution is 2.20. The SMILES string of the molecule is CCOC(=O)CC(C)=Nc1cc(C)ccc1C. The third-order valence-corrected chi connectivity index (χ3v) is 2.38. The third-order valence-electron chi connectivity index (χ3n) is 2.38. The van der Waals surface area contributed by atoms with Gasteiger partial charge in [0, 0.05) is 5.71 Å². The fraction of sp³-hybridized carbons (Fsp3) is 0.429. The number of benzene rings is 1. The highest BCUT2D eigenvalue weighted by Gasteiger charge is 2.05. The number of ether oxygens (including phenoxy) is 1. The van der Waals surface area contributed by atoms with Crippen LogP contribution in [0.25, 0.3) is 0 Å². The second kappa shape index (κ2) is 6.18. The second-order valence-corrected chi connectivity index (χ2v) is 4.12. The normalized spacial score (nSPS) is 11.4. The molecular weight excluding hydrogens is 214 g/mol. The summed E-state index contributed by atoms with van der Waals surface area (Å²) in [6, 6.07) is 6.10. The van der Waals surface area contributed by atoms with Crippen LogP contribution in [0.4, 0.5) is 5.69 Å². The number of aliphatic imine (C=N–C) groups is 1. The van der Waals surface area contributed by atoms with Crippen molar-refractivity contribution < 1.29 is 9.53 Å². The van der Waals surface area contributed by atoms with E-state index in [1.165, 1.54) is 5.56 Å². The van der Waals surface area contributed by atoms with Crippen molar-refractivity contribution in [3.05, 3.63) is 29.3 Å². The van der Waals surface area contributed by atoms with Crippen molar-refractivity contribution >= 4 is 17.4 Å². The average molecular weight is 233 g/mol. The lowest BCUT2D eigenvalue weighted by Gasteiger charge is -2.04. The largest absolute Gasteiger partial charge is 0.466 e. The standard InChI is InChI=1S/C14H19NO2/c1-5-17-14(16)9-12(4)15-13-8-10(2)6-7-11(13)3/h6-8H,5,9H2,1-4H3. The predicted molar refractivity (Wildman–Crippen MR) is 69.9 cm³/mol. The van der Waals surface area contributed by atoms with Gasteiger partial charge < -0.3 is 4.74 Å². The number of hydrogen-bond donors (Lipinski definition) is 0. The van der Waals surface area contributed by atoms with Crippen LogP contribution in [0.15, 0.2) is 23.2 Å². The van der Waals surface area contributed by atoms with Crippen LogP contribution in [0.1, 0.15) is 31.4 Å². The van der Waals surface area contributed by atoms with E-state index >= 15 is 0 Å². The Balaban J connectivity index is 2.80. The lowest BCUT2D eigenvalue weighted by molar-refractivity contribution is -0.141. The first-order valence-electron chi connectivity index (χ1n) is 5.80. The van der Waals surface area contributed by atoms with Gasteiger partial charge in [0.25, 0.3) is 0 Å². The van der Waals surface area contributed by atoms with Crippen LogP contribution in [0.2, 0.25) is 0 Å². The lowest BCUT2D eigenvalue weighted by atomic mass is 10.1. The fourth-order valence-corrected chi connectivity index (χ4v) is 1.51. The van der Waals surface area contributed by atoms with E-state index in [1.54, 1.807) is 6.92 Å². The Bertz CT molecular complexity index is 436. The molecular formula is C14H19NO2. The maximum absolute atomic E-state index is 11.3. The van der Waals surface area contributed by atoms with Crippen LogP contribution in [0, 0.1) is 13.8 Å². The predicted octanol–water partition coefficient (Wildman–Crippen LogP) is 3.35. The zero-order chi connectivity index (χ0) is 12.8. The number of carbonyl (C=O) groups excluding carboxylic acids is 1. The summed E-state index contributed by atoms with van der Waals surface area (Å²) in [5.74, 6) is -0.223. The number of carbonyl (C=O) groups is 1. The Kier molecular flexibility index (Phi) is 4.88. The van der Waals surface area contributed by atoms with E-state index < -0.39 is 0 Å². The monoisotopic (exact) mass is 233 g/mol. The minimum Gasteiger partial charge on any atom is -0.466 e. The molecule has 1 aromatic carbocycles. The van der Waals surface area contributed by atoms with E-state index in [-0.39, 0.29) is 12.4 Å². The smallest absolute Gasteiger partial charge is 0.311 e. The second-order valence-electron chi connectivity index (χ2n) is 4.12. The van der Waals surface area contributed by atoms with Gasteiger partial charge in [-0.05, 0) is 44.9 Å².